The number of methoxy groups -OCH3 is 1. The molecule has 1 aromatic heterocycles. The van der Waals surface area contributed by atoms with Gasteiger partial charge in [-0.05, 0) is 6.92 Å². The SMILES string of the molecule is COC(C)c1cnc(N)nc1. The Kier molecular flexibility index (Phi) is 2.38. The van der Waals surface area contributed by atoms with Crippen LogP contribution in [-0.2, 0) is 4.74 Å². The van der Waals surface area contributed by atoms with Crippen LogP contribution in [0.3, 0.4) is 0 Å². The summed E-state index contributed by atoms with van der Waals surface area (Å²) in [4.78, 5) is 7.67. The van der Waals surface area contributed by atoms with Crippen LogP contribution in [0.5, 0.6) is 0 Å². The first-order valence-electron chi connectivity index (χ1n) is 3.34. The lowest BCUT2D eigenvalue weighted by molar-refractivity contribution is 0.119. The third-order valence-corrected chi connectivity index (χ3v) is 1.51. The molecule has 0 aromatic carbocycles. The van der Waals surface area contributed by atoms with Gasteiger partial charge in [0.05, 0.1) is 6.10 Å². The molecule has 0 amide bonds. The molecule has 1 atom stereocenters. The minimum absolute atomic E-state index is 0.0237. The maximum Gasteiger partial charge on any atom is 0.219 e. The Morgan fingerprint density at radius 3 is 2.45 bits per heavy atom. The number of hydrogen-bond donors (Lipinski definition) is 1. The van der Waals surface area contributed by atoms with Gasteiger partial charge in [-0.3, -0.25) is 0 Å². The summed E-state index contributed by atoms with van der Waals surface area (Å²) in [6.07, 6.45) is 3.35. The molecule has 1 unspecified atom stereocenters. The fourth-order valence-electron chi connectivity index (χ4n) is 0.694. The molecule has 0 saturated heterocycles. The van der Waals surface area contributed by atoms with E-state index in [1.807, 2.05) is 6.92 Å². The topological polar surface area (TPSA) is 61.0 Å². The molecule has 4 nitrogen and oxygen atoms in total. The lowest BCUT2D eigenvalue weighted by Gasteiger charge is -2.07. The van der Waals surface area contributed by atoms with Crippen molar-refractivity contribution in [2.75, 3.05) is 12.8 Å². The van der Waals surface area contributed by atoms with Crippen molar-refractivity contribution in [2.45, 2.75) is 13.0 Å². The highest BCUT2D eigenvalue weighted by Crippen LogP contribution is 2.12. The van der Waals surface area contributed by atoms with E-state index in [4.69, 9.17) is 10.5 Å². The average Bonchev–Trinajstić information content (AvgIpc) is 2.05. The molecule has 1 heterocycles. The van der Waals surface area contributed by atoms with Crippen molar-refractivity contribution in [3.8, 4) is 0 Å². The zero-order chi connectivity index (χ0) is 8.27. The Morgan fingerprint density at radius 2 is 2.00 bits per heavy atom. The Bertz CT molecular complexity index is 222. The van der Waals surface area contributed by atoms with Crippen LogP contribution in [0.2, 0.25) is 0 Å². The molecule has 1 rings (SSSR count). The maximum atomic E-state index is 5.31. The smallest absolute Gasteiger partial charge is 0.219 e. The van der Waals surface area contributed by atoms with Crippen molar-refractivity contribution in [1.82, 2.24) is 9.97 Å². The van der Waals surface area contributed by atoms with E-state index in [0.717, 1.165) is 5.56 Å². The fourth-order valence-corrected chi connectivity index (χ4v) is 0.694. The lowest BCUT2D eigenvalue weighted by atomic mass is 10.2. The van der Waals surface area contributed by atoms with Crippen LogP contribution < -0.4 is 5.73 Å². The highest BCUT2D eigenvalue weighted by Gasteiger charge is 2.02. The molecule has 0 saturated carbocycles. The average molecular weight is 153 g/mol. The second-order valence-electron chi connectivity index (χ2n) is 2.25. The monoisotopic (exact) mass is 153 g/mol. The lowest BCUT2D eigenvalue weighted by Crippen LogP contribution is -2.00. The van der Waals surface area contributed by atoms with Gasteiger partial charge in [-0.25, -0.2) is 9.97 Å². The molecule has 0 spiro atoms. The Labute approximate surface area is 65.4 Å². The summed E-state index contributed by atoms with van der Waals surface area (Å²) in [7, 11) is 1.64. The zero-order valence-electron chi connectivity index (χ0n) is 6.61. The molecule has 0 aliphatic carbocycles. The number of nitrogens with two attached hydrogens (primary N) is 1. The molecular weight excluding hydrogens is 142 g/mol. The molecule has 4 heteroatoms. The third kappa shape index (κ3) is 1.88. The van der Waals surface area contributed by atoms with Crippen molar-refractivity contribution in [2.24, 2.45) is 0 Å². The van der Waals surface area contributed by atoms with Crippen molar-refractivity contribution < 1.29 is 4.74 Å². The minimum Gasteiger partial charge on any atom is -0.377 e. The first-order chi connectivity index (χ1) is 5.24. The van der Waals surface area contributed by atoms with Gasteiger partial charge in [0.15, 0.2) is 0 Å². The standard InChI is InChI=1S/C7H11N3O/c1-5(11-2)6-3-9-7(8)10-4-6/h3-5H,1-2H3,(H2,8,9,10). The summed E-state index contributed by atoms with van der Waals surface area (Å²) in [5.74, 6) is 0.289. The van der Waals surface area contributed by atoms with E-state index in [1.54, 1.807) is 19.5 Å². The first kappa shape index (κ1) is 7.94. The van der Waals surface area contributed by atoms with Gasteiger partial charge in [0.25, 0.3) is 0 Å². The van der Waals surface area contributed by atoms with Crippen LogP contribution in [0.15, 0.2) is 12.4 Å². The maximum absolute atomic E-state index is 5.31. The van der Waals surface area contributed by atoms with E-state index in [9.17, 15) is 0 Å². The van der Waals surface area contributed by atoms with Gasteiger partial charge in [0.1, 0.15) is 0 Å². The molecule has 0 radical (unpaired) electrons. The van der Waals surface area contributed by atoms with E-state index in [2.05, 4.69) is 9.97 Å². The number of hydrogen-bond acceptors (Lipinski definition) is 4. The highest BCUT2D eigenvalue weighted by molar-refractivity contribution is 5.18. The van der Waals surface area contributed by atoms with E-state index in [-0.39, 0.29) is 12.1 Å². The van der Waals surface area contributed by atoms with Gasteiger partial charge >= 0.3 is 0 Å². The van der Waals surface area contributed by atoms with Gasteiger partial charge in [-0.2, -0.15) is 0 Å². The summed E-state index contributed by atoms with van der Waals surface area (Å²) < 4.78 is 5.06. The number of anilines is 1. The second kappa shape index (κ2) is 3.30. The van der Waals surface area contributed by atoms with Crippen LogP contribution in [0.4, 0.5) is 5.95 Å². The number of ether oxygens (including phenoxy) is 1. The Balaban J connectivity index is 2.81. The molecule has 0 fully saturated rings. The quantitative estimate of drug-likeness (QED) is 0.681. The summed E-state index contributed by atoms with van der Waals surface area (Å²) in [5.41, 5.74) is 6.24. The number of nitrogen functional groups attached to an aromatic ring is 1. The zero-order valence-corrected chi connectivity index (χ0v) is 6.61. The van der Waals surface area contributed by atoms with Gasteiger partial charge in [0, 0.05) is 25.1 Å². The molecular formula is C7H11N3O. The number of nitrogens with zero attached hydrogens (tertiary/aromatic N) is 2. The normalized spacial score (nSPS) is 12.9. The van der Waals surface area contributed by atoms with Crippen LogP contribution in [0.1, 0.15) is 18.6 Å². The first-order valence-corrected chi connectivity index (χ1v) is 3.34. The minimum atomic E-state index is 0.0237. The Hall–Kier alpha value is -1.16. The summed E-state index contributed by atoms with van der Waals surface area (Å²) >= 11 is 0. The summed E-state index contributed by atoms with van der Waals surface area (Å²) in [5, 5.41) is 0. The van der Waals surface area contributed by atoms with E-state index < -0.39 is 0 Å². The molecule has 0 bridgehead atoms. The molecule has 60 valence electrons. The van der Waals surface area contributed by atoms with Crippen molar-refractivity contribution >= 4 is 5.95 Å². The van der Waals surface area contributed by atoms with Crippen LogP contribution >= 0.6 is 0 Å². The molecule has 0 aliphatic rings. The van der Waals surface area contributed by atoms with E-state index >= 15 is 0 Å². The summed E-state index contributed by atoms with van der Waals surface area (Å²) in [6, 6.07) is 0. The second-order valence-corrected chi connectivity index (χ2v) is 2.25. The van der Waals surface area contributed by atoms with Gasteiger partial charge in [-0.15, -0.1) is 0 Å². The number of aromatic nitrogens is 2. The fraction of sp³-hybridized carbons (Fsp3) is 0.429. The van der Waals surface area contributed by atoms with Crippen molar-refractivity contribution in [1.29, 1.82) is 0 Å². The summed E-state index contributed by atoms with van der Waals surface area (Å²) in [6.45, 7) is 1.93. The van der Waals surface area contributed by atoms with Crippen molar-refractivity contribution in [3.05, 3.63) is 18.0 Å². The van der Waals surface area contributed by atoms with Gasteiger partial charge in [-0.1, -0.05) is 0 Å². The largest absolute Gasteiger partial charge is 0.377 e. The molecule has 1 aromatic rings. The predicted molar refractivity (Wildman–Crippen MR) is 41.9 cm³/mol. The van der Waals surface area contributed by atoms with Crippen LogP contribution in [-0.4, -0.2) is 17.1 Å². The van der Waals surface area contributed by atoms with Gasteiger partial charge < -0.3 is 10.5 Å². The van der Waals surface area contributed by atoms with Crippen LogP contribution in [0, 0.1) is 0 Å². The predicted octanol–water partition coefficient (Wildman–Crippen LogP) is 0.766. The van der Waals surface area contributed by atoms with Crippen LogP contribution in [0.25, 0.3) is 0 Å². The Morgan fingerprint density at radius 1 is 1.45 bits per heavy atom. The van der Waals surface area contributed by atoms with Crippen molar-refractivity contribution in [3.63, 3.8) is 0 Å². The third-order valence-electron chi connectivity index (χ3n) is 1.51. The molecule has 0 aliphatic heterocycles. The van der Waals surface area contributed by atoms with E-state index in [1.165, 1.54) is 0 Å². The number of rotatable bonds is 2. The molecule has 2 N–H and O–H groups in total. The van der Waals surface area contributed by atoms with E-state index in [0.29, 0.717) is 0 Å². The molecule has 11 heavy (non-hydrogen) atoms. The highest BCUT2D eigenvalue weighted by atomic mass is 16.5. The van der Waals surface area contributed by atoms with Gasteiger partial charge in [0.2, 0.25) is 5.95 Å².